The van der Waals surface area contributed by atoms with Crippen LogP contribution in [0, 0.1) is 11.8 Å². The fourth-order valence-corrected chi connectivity index (χ4v) is 5.33. The minimum absolute atomic E-state index is 0.0686. The Balaban J connectivity index is 1.34. The fourth-order valence-electron chi connectivity index (χ4n) is 5.33. The van der Waals surface area contributed by atoms with Crippen LogP contribution in [0.3, 0.4) is 0 Å². The first-order chi connectivity index (χ1) is 16.0. The Morgan fingerprint density at radius 2 is 1.55 bits per heavy atom. The number of Topliss-reactive ketones (excluding diaryl/α,β-unsaturated/α-hetero) is 2. The molecular weight excluding hydrogens is 418 g/mol. The first kappa shape index (κ1) is 19.9. The average Bonchev–Trinajstić information content (AvgIpc) is 3.00. The molecule has 3 aliphatic rings. The molecule has 0 bridgehead atoms. The number of rotatable bonds is 3. The summed E-state index contributed by atoms with van der Waals surface area (Å²) in [5.41, 5.74) is 0.399. The van der Waals surface area contributed by atoms with E-state index in [-0.39, 0.29) is 53.1 Å². The summed E-state index contributed by atoms with van der Waals surface area (Å²) in [5.74, 6) is -0.913. The van der Waals surface area contributed by atoms with Gasteiger partial charge in [-0.05, 0) is 54.3 Å². The molecule has 3 atom stereocenters. The third kappa shape index (κ3) is 3.01. The van der Waals surface area contributed by atoms with Crippen LogP contribution in [0.25, 0.3) is 10.8 Å². The Kier molecular flexibility index (Phi) is 4.43. The summed E-state index contributed by atoms with van der Waals surface area (Å²) < 4.78 is 6.06. The molecule has 2 aliphatic carbocycles. The van der Waals surface area contributed by atoms with Crippen LogP contribution in [0.15, 0.2) is 60.7 Å². The molecule has 6 rings (SSSR count). The highest BCUT2D eigenvalue weighted by Crippen LogP contribution is 2.43. The number of hydrogen-bond acceptors (Lipinski definition) is 5. The van der Waals surface area contributed by atoms with Crippen LogP contribution in [0.4, 0.5) is 0 Å². The molecule has 0 radical (unpaired) electrons. The number of ketones is 2. The molecule has 6 heteroatoms. The molecule has 3 unspecified atom stereocenters. The number of imide groups is 1. The van der Waals surface area contributed by atoms with Crippen LogP contribution in [-0.4, -0.2) is 34.3 Å². The minimum atomic E-state index is -0.898. The highest BCUT2D eigenvalue weighted by Gasteiger charge is 2.51. The minimum Gasteiger partial charge on any atom is -0.456 e. The van der Waals surface area contributed by atoms with E-state index in [9.17, 15) is 19.2 Å². The summed E-state index contributed by atoms with van der Waals surface area (Å²) in [4.78, 5) is 53.3. The summed E-state index contributed by atoms with van der Waals surface area (Å²) in [6.45, 7) is 0. The van der Waals surface area contributed by atoms with Crippen LogP contribution >= 0.6 is 0 Å². The average molecular weight is 439 g/mol. The van der Waals surface area contributed by atoms with E-state index in [0.29, 0.717) is 18.6 Å². The van der Waals surface area contributed by atoms with Crippen molar-refractivity contribution in [2.45, 2.75) is 31.7 Å². The lowest BCUT2D eigenvalue weighted by atomic mass is 9.69. The molecule has 0 saturated heterocycles. The second-order valence-corrected chi connectivity index (χ2v) is 8.98. The predicted octanol–water partition coefficient (Wildman–Crippen LogP) is 4.55. The van der Waals surface area contributed by atoms with Gasteiger partial charge in [0.15, 0.2) is 5.78 Å². The highest BCUT2D eigenvalue weighted by molar-refractivity contribution is 6.24. The van der Waals surface area contributed by atoms with E-state index >= 15 is 0 Å². The summed E-state index contributed by atoms with van der Waals surface area (Å²) >= 11 is 0. The van der Waals surface area contributed by atoms with Crippen LogP contribution in [0.5, 0.6) is 11.5 Å². The van der Waals surface area contributed by atoms with E-state index in [2.05, 4.69) is 0 Å². The van der Waals surface area contributed by atoms with E-state index in [4.69, 9.17) is 4.74 Å². The summed E-state index contributed by atoms with van der Waals surface area (Å²) in [7, 11) is 0. The molecule has 6 nitrogen and oxygen atoms in total. The Morgan fingerprint density at radius 3 is 2.33 bits per heavy atom. The van der Waals surface area contributed by atoms with Crippen molar-refractivity contribution in [3.8, 4) is 11.5 Å². The van der Waals surface area contributed by atoms with Gasteiger partial charge < -0.3 is 4.74 Å². The first-order valence-corrected chi connectivity index (χ1v) is 11.3. The van der Waals surface area contributed by atoms with E-state index < -0.39 is 17.9 Å². The monoisotopic (exact) mass is 439 g/mol. The predicted molar refractivity (Wildman–Crippen MR) is 120 cm³/mol. The maximum Gasteiger partial charge on any atom is 0.266 e. The zero-order chi connectivity index (χ0) is 22.7. The zero-order valence-electron chi connectivity index (χ0n) is 17.8. The van der Waals surface area contributed by atoms with Gasteiger partial charge in [-0.2, -0.15) is 0 Å². The lowest BCUT2D eigenvalue weighted by molar-refractivity contribution is -0.137. The molecule has 1 aliphatic heterocycles. The van der Waals surface area contributed by atoms with Gasteiger partial charge in [-0.25, -0.2) is 0 Å². The summed E-state index contributed by atoms with van der Waals surface area (Å²) in [6.07, 6.45) is 1.77. The van der Waals surface area contributed by atoms with Gasteiger partial charge in [-0.15, -0.1) is 0 Å². The normalized spacial score (nSPS) is 24.4. The van der Waals surface area contributed by atoms with Crippen molar-refractivity contribution in [1.82, 2.24) is 4.90 Å². The molecule has 3 aromatic carbocycles. The number of carbonyl (C=O) groups excluding carboxylic acids is 4. The Hall–Kier alpha value is -3.80. The van der Waals surface area contributed by atoms with Crippen molar-refractivity contribution in [3.05, 3.63) is 71.8 Å². The molecule has 0 spiro atoms. The molecule has 2 saturated carbocycles. The summed E-state index contributed by atoms with van der Waals surface area (Å²) in [5, 5.41) is 2.06. The van der Waals surface area contributed by atoms with Gasteiger partial charge in [0.05, 0.1) is 17.2 Å². The number of hydrogen-bond donors (Lipinski definition) is 0. The van der Waals surface area contributed by atoms with Crippen molar-refractivity contribution in [3.63, 3.8) is 0 Å². The second-order valence-electron chi connectivity index (χ2n) is 8.98. The summed E-state index contributed by atoms with van der Waals surface area (Å²) in [6, 6.07) is 17.5. The fraction of sp³-hybridized carbons (Fsp3) is 0.259. The van der Waals surface area contributed by atoms with E-state index in [1.54, 1.807) is 18.2 Å². The van der Waals surface area contributed by atoms with Gasteiger partial charge in [-0.1, -0.05) is 36.4 Å². The maximum absolute atomic E-state index is 13.5. The van der Waals surface area contributed by atoms with Crippen molar-refractivity contribution in [1.29, 1.82) is 0 Å². The molecule has 0 N–H and O–H groups in total. The standard InChI is InChI=1S/C27H21NO5/c29-22-13-12-21(25(30)19-11-10-18(19)22)28-26(31)20-6-3-7-23(24(20)27(28)32)33-17-9-8-15-4-1-2-5-16(15)14-17/h1-9,14,18-19,21H,10-13H2. The molecule has 3 aromatic rings. The van der Waals surface area contributed by atoms with Gasteiger partial charge in [-0.3, -0.25) is 24.1 Å². The third-order valence-corrected chi connectivity index (χ3v) is 7.21. The van der Waals surface area contributed by atoms with E-state index in [1.165, 1.54) is 0 Å². The molecular formula is C27H21NO5. The van der Waals surface area contributed by atoms with Crippen LogP contribution in [0.2, 0.25) is 0 Å². The van der Waals surface area contributed by atoms with Gasteiger partial charge >= 0.3 is 0 Å². The Bertz CT molecular complexity index is 1360. The van der Waals surface area contributed by atoms with Crippen LogP contribution in [-0.2, 0) is 9.59 Å². The van der Waals surface area contributed by atoms with Crippen LogP contribution in [0.1, 0.15) is 46.4 Å². The van der Waals surface area contributed by atoms with Crippen molar-refractivity contribution in [2.75, 3.05) is 0 Å². The Morgan fingerprint density at radius 1 is 0.758 bits per heavy atom. The van der Waals surface area contributed by atoms with Gasteiger partial charge in [0.1, 0.15) is 17.3 Å². The molecule has 2 amide bonds. The molecule has 164 valence electrons. The number of amides is 2. The smallest absolute Gasteiger partial charge is 0.266 e. The van der Waals surface area contributed by atoms with Gasteiger partial charge in [0.2, 0.25) is 0 Å². The number of nitrogens with zero attached hydrogens (tertiary/aromatic N) is 1. The number of fused-ring (bicyclic) bond motifs is 3. The van der Waals surface area contributed by atoms with Crippen LogP contribution < -0.4 is 4.74 Å². The van der Waals surface area contributed by atoms with Crippen molar-refractivity contribution >= 4 is 34.2 Å². The highest BCUT2D eigenvalue weighted by atomic mass is 16.5. The zero-order valence-corrected chi connectivity index (χ0v) is 17.8. The number of carbonyl (C=O) groups is 4. The second kappa shape index (κ2) is 7.37. The molecule has 33 heavy (non-hydrogen) atoms. The van der Waals surface area contributed by atoms with Gasteiger partial charge in [0, 0.05) is 18.3 Å². The van der Waals surface area contributed by atoms with E-state index in [0.717, 1.165) is 15.7 Å². The first-order valence-electron chi connectivity index (χ1n) is 11.3. The maximum atomic E-state index is 13.5. The molecule has 0 aromatic heterocycles. The Labute approximate surface area is 190 Å². The lowest BCUT2D eigenvalue weighted by Crippen LogP contribution is -2.49. The number of ether oxygens (including phenoxy) is 1. The topological polar surface area (TPSA) is 80.8 Å². The van der Waals surface area contributed by atoms with Crippen molar-refractivity contribution < 1.29 is 23.9 Å². The van der Waals surface area contributed by atoms with E-state index in [1.807, 2.05) is 42.5 Å². The molecule has 1 heterocycles. The number of benzene rings is 3. The molecule has 2 fully saturated rings. The van der Waals surface area contributed by atoms with Gasteiger partial charge in [0.25, 0.3) is 11.8 Å². The largest absolute Gasteiger partial charge is 0.456 e. The van der Waals surface area contributed by atoms with Crippen molar-refractivity contribution in [2.24, 2.45) is 11.8 Å². The third-order valence-electron chi connectivity index (χ3n) is 7.21. The SMILES string of the molecule is O=C1CCC(N2C(=O)c3cccc(Oc4ccc5ccccc5c4)c3C2=O)C(=O)C2CCC12. The lowest BCUT2D eigenvalue weighted by Gasteiger charge is -2.34. The quantitative estimate of drug-likeness (QED) is 0.559.